The lowest BCUT2D eigenvalue weighted by Crippen LogP contribution is -2.37. The molecule has 0 atom stereocenters. The molecule has 3 rings (SSSR count). The molecule has 0 N–H and O–H groups in total. The minimum absolute atomic E-state index is 0. The molecule has 0 spiro atoms. The van der Waals surface area contributed by atoms with Crippen molar-refractivity contribution in [1.29, 1.82) is 0 Å². The quantitative estimate of drug-likeness (QED) is 0.611. The lowest BCUT2D eigenvalue weighted by molar-refractivity contribution is -0.118. The lowest BCUT2D eigenvalue weighted by Gasteiger charge is -2.22. The zero-order valence-corrected chi connectivity index (χ0v) is 16.6. The molecular weight excluding hydrogens is 392 g/mol. The number of hydrogen-bond acceptors (Lipinski definition) is 4. The molecule has 2 aromatic carbocycles. The van der Waals surface area contributed by atoms with Gasteiger partial charge in [0.25, 0.3) is 0 Å². The summed E-state index contributed by atoms with van der Waals surface area (Å²) in [6.07, 6.45) is 0.223. The average Bonchev–Trinajstić information content (AvgIpc) is 2.99. The van der Waals surface area contributed by atoms with Crippen LogP contribution in [0.2, 0.25) is 0 Å². The molecule has 0 bridgehead atoms. The van der Waals surface area contributed by atoms with E-state index in [1.807, 2.05) is 49.3 Å². The van der Waals surface area contributed by atoms with Gasteiger partial charge in [-0.05, 0) is 25.7 Å². The molecule has 8 heteroatoms. The van der Waals surface area contributed by atoms with Gasteiger partial charge < -0.3 is 4.90 Å². The molecule has 4 nitrogen and oxygen atoms in total. The average molecular weight is 412 g/mol. The van der Waals surface area contributed by atoms with Crippen molar-refractivity contribution >= 4 is 45.0 Å². The molecular formula is C19H20ClF2N3OS. The van der Waals surface area contributed by atoms with E-state index in [0.29, 0.717) is 22.9 Å². The molecule has 0 unspecified atom stereocenters. The number of fused-ring (bicyclic) bond motifs is 1. The highest BCUT2D eigenvalue weighted by molar-refractivity contribution is 7.22. The zero-order chi connectivity index (χ0) is 18.7. The van der Waals surface area contributed by atoms with E-state index in [1.54, 1.807) is 4.90 Å². The predicted octanol–water partition coefficient (Wildman–Crippen LogP) is 4.13. The summed E-state index contributed by atoms with van der Waals surface area (Å²) >= 11 is 1.12. The number of nitrogens with zero attached hydrogens (tertiary/aromatic N) is 3. The van der Waals surface area contributed by atoms with Crippen LogP contribution in [0.5, 0.6) is 0 Å². The highest BCUT2D eigenvalue weighted by Crippen LogP contribution is 2.31. The van der Waals surface area contributed by atoms with Gasteiger partial charge in [-0.1, -0.05) is 41.7 Å². The van der Waals surface area contributed by atoms with E-state index in [-0.39, 0.29) is 30.3 Å². The zero-order valence-electron chi connectivity index (χ0n) is 15.0. The summed E-state index contributed by atoms with van der Waals surface area (Å²) in [4.78, 5) is 20.6. The summed E-state index contributed by atoms with van der Waals surface area (Å²) in [6.45, 7) is 1.05. The standard InChI is InChI=1S/C19H19F2N3OS.ClH/c1-23(2)8-9-24(17(25)10-13-6-4-3-5-7-13)19-22-18-15(21)11-14(20)12-16(18)26-19;/h3-7,11-12H,8-10H2,1-2H3;1H. The van der Waals surface area contributed by atoms with E-state index in [0.717, 1.165) is 23.0 Å². The highest BCUT2D eigenvalue weighted by Gasteiger charge is 2.21. The molecule has 0 saturated carbocycles. The molecule has 0 aliphatic carbocycles. The predicted molar refractivity (Wildman–Crippen MR) is 108 cm³/mol. The number of rotatable bonds is 6. The van der Waals surface area contributed by atoms with Crippen molar-refractivity contribution in [2.75, 3.05) is 32.1 Å². The first kappa shape index (κ1) is 21.2. The number of amides is 1. The summed E-state index contributed by atoms with van der Waals surface area (Å²) in [5.41, 5.74) is 0.986. The Hall–Kier alpha value is -2.09. The van der Waals surface area contributed by atoms with E-state index in [1.165, 1.54) is 6.07 Å². The smallest absolute Gasteiger partial charge is 0.233 e. The molecule has 27 heavy (non-hydrogen) atoms. The molecule has 0 saturated heterocycles. The molecule has 1 heterocycles. The highest BCUT2D eigenvalue weighted by atomic mass is 35.5. The van der Waals surface area contributed by atoms with Gasteiger partial charge >= 0.3 is 0 Å². The fraction of sp³-hybridized carbons (Fsp3) is 0.263. The normalized spacial score (nSPS) is 10.9. The van der Waals surface area contributed by atoms with Crippen LogP contribution in [0.25, 0.3) is 10.2 Å². The Bertz CT molecular complexity index is 918. The number of likely N-dealkylation sites (N-methyl/N-ethyl adjacent to an activating group) is 1. The number of carbonyl (C=O) groups excluding carboxylic acids is 1. The number of carbonyl (C=O) groups is 1. The van der Waals surface area contributed by atoms with Crippen molar-refractivity contribution in [3.63, 3.8) is 0 Å². The molecule has 0 radical (unpaired) electrons. The minimum Gasteiger partial charge on any atom is -0.308 e. The van der Waals surface area contributed by atoms with E-state index in [9.17, 15) is 13.6 Å². The van der Waals surface area contributed by atoms with Crippen LogP contribution in [0.15, 0.2) is 42.5 Å². The summed E-state index contributed by atoms with van der Waals surface area (Å²) in [7, 11) is 3.82. The number of benzene rings is 2. The molecule has 1 aromatic heterocycles. The summed E-state index contributed by atoms with van der Waals surface area (Å²) < 4.78 is 27.8. The van der Waals surface area contributed by atoms with Gasteiger partial charge in [-0.3, -0.25) is 9.69 Å². The van der Waals surface area contributed by atoms with Crippen molar-refractivity contribution in [1.82, 2.24) is 9.88 Å². The van der Waals surface area contributed by atoms with Crippen LogP contribution in [0.1, 0.15) is 5.56 Å². The number of aromatic nitrogens is 1. The molecule has 0 aliphatic rings. The molecule has 1 amide bonds. The Labute approximate surface area is 166 Å². The SMILES string of the molecule is CN(C)CCN(C(=O)Cc1ccccc1)c1nc2c(F)cc(F)cc2s1.Cl. The summed E-state index contributed by atoms with van der Waals surface area (Å²) in [5, 5.41) is 0.382. The Morgan fingerprint density at radius 2 is 1.81 bits per heavy atom. The van der Waals surface area contributed by atoms with E-state index in [4.69, 9.17) is 0 Å². The number of anilines is 1. The van der Waals surface area contributed by atoms with Crippen molar-refractivity contribution in [3.05, 3.63) is 59.7 Å². The van der Waals surface area contributed by atoms with Gasteiger partial charge in [0.05, 0.1) is 11.1 Å². The number of halogens is 3. The van der Waals surface area contributed by atoms with Crippen molar-refractivity contribution < 1.29 is 13.6 Å². The van der Waals surface area contributed by atoms with Gasteiger partial charge in [0, 0.05) is 19.2 Å². The first-order chi connectivity index (χ1) is 12.4. The first-order valence-electron chi connectivity index (χ1n) is 8.18. The van der Waals surface area contributed by atoms with E-state index < -0.39 is 11.6 Å². The van der Waals surface area contributed by atoms with Crippen LogP contribution in [0, 0.1) is 11.6 Å². The van der Waals surface area contributed by atoms with Crippen LogP contribution in [0.4, 0.5) is 13.9 Å². The Kier molecular flexibility index (Phi) is 7.24. The van der Waals surface area contributed by atoms with Gasteiger partial charge in [0.15, 0.2) is 10.9 Å². The molecule has 3 aromatic rings. The third kappa shape index (κ3) is 5.22. The van der Waals surface area contributed by atoms with Gasteiger partial charge in [0.2, 0.25) is 5.91 Å². The maximum atomic E-state index is 14.0. The summed E-state index contributed by atoms with van der Waals surface area (Å²) in [6, 6.07) is 11.5. The Balaban J connectivity index is 0.00000261. The second kappa shape index (κ2) is 9.21. The van der Waals surface area contributed by atoms with Crippen LogP contribution in [0.3, 0.4) is 0 Å². The van der Waals surface area contributed by atoms with E-state index >= 15 is 0 Å². The maximum absolute atomic E-state index is 14.0. The number of hydrogen-bond donors (Lipinski definition) is 0. The maximum Gasteiger partial charge on any atom is 0.233 e. The lowest BCUT2D eigenvalue weighted by atomic mass is 10.1. The fourth-order valence-electron chi connectivity index (χ4n) is 2.55. The van der Waals surface area contributed by atoms with Gasteiger partial charge in [-0.2, -0.15) is 0 Å². The second-order valence-corrected chi connectivity index (χ2v) is 7.25. The van der Waals surface area contributed by atoms with E-state index in [2.05, 4.69) is 4.98 Å². The Morgan fingerprint density at radius 3 is 2.48 bits per heavy atom. The van der Waals surface area contributed by atoms with Gasteiger partial charge in [0.1, 0.15) is 11.3 Å². The second-order valence-electron chi connectivity index (χ2n) is 6.24. The third-order valence-electron chi connectivity index (χ3n) is 3.90. The first-order valence-corrected chi connectivity index (χ1v) is 9.00. The van der Waals surface area contributed by atoms with Crippen LogP contribution < -0.4 is 4.90 Å². The van der Waals surface area contributed by atoms with Crippen LogP contribution in [-0.2, 0) is 11.2 Å². The summed E-state index contributed by atoms with van der Waals surface area (Å²) in [5.74, 6) is -1.50. The molecule has 144 valence electrons. The Morgan fingerprint density at radius 1 is 1.11 bits per heavy atom. The van der Waals surface area contributed by atoms with Gasteiger partial charge in [-0.15, -0.1) is 12.4 Å². The van der Waals surface area contributed by atoms with Crippen molar-refractivity contribution in [2.24, 2.45) is 0 Å². The molecule has 0 fully saturated rings. The van der Waals surface area contributed by atoms with Crippen molar-refractivity contribution in [3.8, 4) is 0 Å². The minimum atomic E-state index is -0.717. The fourth-order valence-corrected chi connectivity index (χ4v) is 3.60. The molecule has 0 aliphatic heterocycles. The van der Waals surface area contributed by atoms with Crippen LogP contribution in [-0.4, -0.2) is 43.0 Å². The number of thiazole rings is 1. The van der Waals surface area contributed by atoms with Crippen LogP contribution >= 0.6 is 23.7 Å². The monoisotopic (exact) mass is 411 g/mol. The van der Waals surface area contributed by atoms with Crippen molar-refractivity contribution in [2.45, 2.75) is 6.42 Å². The third-order valence-corrected chi connectivity index (χ3v) is 4.93. The topological polar surface area (TPSA) is 36.4 Å². The van der Waals surface area contributed by atoms with Gasteiger partial charge in [-0.25, -0.2) is 13.8 Å². The largest absolute Gasteiger partial charge is 0.308 e.